The Kier molecular flexibility index (Phi) is 1.34. The van der Waals surface area contributed by atoms with E-state index in [-0.39, 0.29) is 5.70 Å². The van der Waals surface area contributed by atoms with Crippen molar-refractivity contribution in [2.24, 2.45) is 4.99 Å². The summed E-state index contributed by atoms with van der Waals surface area (Å²) in [6.45, 7) is 1.81. The van der Waals surface area contributed by atoms with Crippen LogP contribution in [0.1, 0.15) is 13.3 Å². The van der Waals surface area contributed by atoms with Crippen molar-refractivity contribution in [3.05, 3.63) is 11.8 Å². The van der Waals surface area contributed by atoms with Gasteiger partial charge in [0.2, 0.25) is 0 Å². The summed E-state index contributed by atoms with van der Waals surface area (Å²) in [4.78, 5) is 13.9. The smallest absolute Gasteiger partial charge is 0.354 e. The normalized spacial score (nSPS) is 17.0. The molecule has 1 aliphatic rings. The van der Waals surface area contributed by atoms with Crippen LogP contribution >= 0.6 is 0 Å². The Balaban J connectivity index is 2.75. The minimum Gasteiger partial charge on any atom is -0.477 e. The van der Waals surface area contributed by atoms with Crippen LogP contribution in [-0.4, -0.2) is 16.8 Å². The lowest BCUT2D eigenvalue weighted by Gasteiger charge is -1.84. The predicted octanol–water partition coefficient (Wildman–Crippen LogP) is 0.819. The van der Waals surface area contributed by atoms with Gasteiger partial charge >= 0.3 is 5.97 Å². The molecular formula is C6H7NO2. The van der Waals surface area contributed by atoms with Gasteiger partial charge in [0.25, 0.3) is 0 Å². The van der Waals surface area contributed by atoms with Crippen molar-refractivity contribution in [3.63, 3.8) is 0 Å². The SMILES string of the molecule is CC1=NC(C(=O)O)=CC1. The highest BCUT2D eigenvalue weighted by Gasteiger charge is 2.10. The molecule has 0 unspecified atom stereocenters. The van der Waals surface area contributed by atoms with E-state index in [0.29, 0.717) is 6.42 Å². The van der Waals surface area contributed by atoms with Crippen molar-refractivity contribution >= 4 is 11.7 Å². The van der Waals surface area contributed by atoms with Crippen LogP contribution in [0.5, 0.6) is 0 Å². The van der Waals surface area contributed by atoms with Crippen LogP contribution in [0.15, 0.2) is 16.8 Å². The molecule has 0 aromatic rings. The van der Waals surface area contributed by atoms with Crippen molar-refractivity contribution in [2.45, 2.75) is 13.3 Å². The summed E-state index contributed by atoms with van der Waals surface area (Å²) < 4.78 is 0. The van der Waals surface area contributed by atoms with Crippen LogP contribution in [0, 0.1) is 0 Å². The average Bonchev–Trinajstić information content (AvgIpc) is 2.14. The molecule has 48 valence electrons. The number of carbonyl (C=O) groups is 1. The molecule has 0 aliphatic carbocycles. The van der Waals surface area contributed by atoms with Crippen LogP contribution in [0.25, 0.3) is 0 Å². The molecule has 0 aromatic carbocycles. The van der Waals surface area contributed by atoms with Gasteiger partial charge in [-0.25, -0.2) is 4.79 Å². The Bertz CT molecular complexity index is 203. The highest BCUT2D eigenvalue weighted by Crippen LogP contribution is 2.08. The molecule has 0 saturated heterocycles. The Hall–Kier alpha value is -1.12. The number of aliphatic imine (C=N–C) groups is 1. The van der Waals surface area contributed by atoms with E-state index in [2.05, 4.69) is 4.99 Å². The second kappa shape index (κ2) is 2.01. The molecule has 0 aromatic heterocycles. The number of allylic oxidation sites excluding steroid dienone is 1. The first-order valence-electron chi connectivity index (χ1n) is 2.68. The number of hydrogen-bond donors (Lipinski definition) is 1. The van der Waals surface area contributed by atoms with E-state index in [0.717, 1.165) is 5.71 Å². The summed E-state index contributed by atoms with van der Waals surface area (Å²) in [6.07, 6.45) is 2.29. The molecule has 9 heavy (non-hydrogen) atoms. The summed E-state index contributed by atoms with van der Waals surface area (Å²) in [5.41, 5.74) is 1.04. The van der Waals surface area contributed by atoms with Crippen molar-refractivity contribution < 1.29 is 9.90 Å². The molecule has 3 heteroatoms. The lowest BCUT2D eigenvalue weighted by molar-refractivity contribution is -0.132. The van der Waals surface area contributed by atoms with Gasteiger partial charge in [0.05, 0.1) is 0 Å². The lowest BCUT2D eigenvalue weighted by atomic mass is 10.3. The molecule has 0 saturated carbocycles. The molecule has 1 N–H and O–H groups in total. The number of rotatable bonds is 1. The fraction of sp³-hybridized carbons (Fsp3) is 0.333. The van der Waals surface area contributed by atoms with Gasteiger partial charge in [0.15, 0.2) is 0 Å². The van der Waals surface area contributed by atoms with E-state index >= 15 is 0 Å². The van der Waals surface area contributed by atoms with Gasteiger partial charge in [-0.3, -0.25) is 4.99 Å². The van der Waals surface area contributed by atoms with Gasteiger partial charge in [-0.1, -0.05) is 0 Å². The molecule has 1 aliphatic heterocycles. The zero-order chi connectivity index (χ0) is 6.85. The van der Waals surface area contributed by atoms with Crippen molar-refractivity contribution in [1.82, 2.24) is 0 Å². The summed E-state index contributed by atoms with van der Waals surface area (Å²) in [5, 5.41) is 8.36. The fourth-order valence-corrected chi connectivity index (χ4v) is 0.676. The summed E-state index contributed by atoms with van der Waals surface area (Å²) in [6, 6.07) is 0. The zero-order valence-electron chi connectivity index (χ0n) is 5.09. The van der Waals surface area contributed by atoms with E-state index in [1.165, 1.54) is 0 Å². The van der Waals surface area contributed by atoms with E-state index < -0.39 is 5.97 Å². The maximum atomic E-state index is 10.2. The van der Waals surface area contributed by atoms with Crippen molar-refractivity contribution in [3.8, 4) is 0 Å². The molecule has 0 radical (unpaired) electrons. The van der Waals surface area contributed by atoms with Gasteiger partial charge in [-0.15, -0.1) is 0 Å². The number of carboxylic acids is 1. The van der Waals surface area contributed by atoms with E-state index in [1.807, 2.05) is 6.92 Å². The zero-order valence-corrected chi connectivity index (χ0v) is 5.09. The average molecular weight is 125 g/mol. The number of carboxylic acid groups (broad SMARTS) is 1. The second-order valence-corrected chi connectivity index (χ2v) is 1.95. The third kappa shape index (κ3) is 1.16. The Morgan fingerprint density at radius 3 is 2.78 bits per heavy atom. The summed E-state index contributed by atoms with van der Waals surface area (Å²) in [5.74, 6) is -0.938. The monoisotopic (exact) mass is 125 g/mol. The topological polar surface area (TPSA) is 49.7 Å². The first kappa shape index (κ1) is 6.01. The minimum atomic E-state index is -0.938. The molecule has 3 nitrogen and oxygen atoms in total. The van der Waals surface area contributed by atoms with Crippen LogP contribution in [0.3, 0.4) is 0 Å². The van der Waals surface area contributed by atoms with E-state index in [9.17, 15) is 4.79 Å². The number of nitrogens with zero attached hydrogens (tertiary/aromatic N) is 1. The maximum Gasteiger partial charge on any atom is 0.354 e. The number of aliphatic carboxylic acids is 1. The standard InChI is InChI=1S/C6H7NO2/c1-4-2-3-5(7-4)6(8)9/h3H,2H2,1H3,(H,8,9). The predicted molar refractivity (Wildman–Crippen MR) is 33.4 cm³/mol. The van der Waals surface area contributed by atoms with Crippen LogP contribution in [-0.2, 0) is 4.79 Å². The van der Waals surface area contributed by atoms with Gasteiger partial charge in [0, 0.05) is 12.1 Å². The quantitative estimate of drug-likeness (QED) is 0.564. The first-order chi connectivity index (χ1) is 4.20. The van der Waals surface area contributed by atoms with Crippen LogP contribution < -0.4 is 0 Å². The Morgan fingerprint density at radius 1 is 1.89 bits per heavy atom. The molecule has 1 rings (SSSR count). The lowest BCUT2D eigenvalue weighted by Crippen LogP contribution is -1.94. The summed E-state index contributed by atoms with van der Waals surface area (Å²) in [7, 11) is 0. The van der Waals surface area contributed by atoms with Crippen molar-refractivity contribution in [2.75, 3.05) is 0 Å². The minimum absolute atomic E-state index is 0.174. The fourth-order valence-electron chi connectivity index (χ4n) is 0.676. The molecule has 0 fully saturated rings. The van der Waals surface area contributed by atoms with Gasteiger partial charge in [-0.2, -0.15) is 0 Å². The third-order valence-electron chi connectivity index (χ3n) is 1.12. The molecule has 0 atom stereocenters. The van der Waals surface area contributed by atoms with E-state index in [1.54, 1.807) is 6.08 Å². The van der Waals surface area contributed by atoms with E-state index in [4.69, 9.17) is 5.11 Å². The van der Waals surface area contributed by atoms with Crippen LogP contribution in [0.4, 0.5) is 0 Å². The third-order valence-corrected chi connectivity index (χ3v) is 1.12. The molecular weight excluding hydrogens is 118 g/mol. The highest BCUT2D eigenvalue weighted by molar-refractivity contribution is 5.96. The van der Waals surface area contributed by atoms with Gasteiger partial charge < -0.3 is 5.11 Å². The number of hydrogen-bond acceptors (Lipinski definition) is 2. The second-order valence-electron chi connectivity index (χ2n) is 1.95. The highest BCUT2D eigenvalue weighted by atomic mass is 16.4. The molecule has 0 amide bonds. The van der Waals surface area contributed by atoms with Gasteiger partial charge in [-0.05, 0) is 13.0 Å². The molecule has 1 heterocycles. The van der Waals surface area contributed by atoms with Gasteiger partial charge in [0.1, 0.15) is 5.70 Å². The first-order valence-corrected chi connectivity index (χ1v) is 2.68. The Labute approximate surface area is 52.7 Å². The van der Waals surface area contributed by atoms with Crippen molar-refractivity contribution in [1.29, 1.82) is 0 Å². The van der Waals surface area contributed by atoms with Crippen LogP contribution in [0.2, 0.25) is 0 Å². The Morgan fingerprint density at radius 2 is 2.56 bits per heavy atom. The molecule has 0 bridgehead atoms. The largest absolute Gasteiger partial charge is 0.477 e. The molecule has 0 spiro atoms. The summed E-state index contributed by atoms with van der Waals surface area (Å²) >= 11 is 0. The maximum absolute atomic E-state index is 10.2.